The lowest BCUT2D eigenvalue weighted by Crippen LogP contribution is -2.24. The molecule has 1 nitrogen and oxygen atoms in total. The van der Waals surface area contributed by atoms with Crippen molar-refractivity contribution in [2.24, 2.45) is 17.8 Å². The average Bonchev–Trinajstić information content (AvgIpc) is 2.96. The Morgan fingerprint density at radius 3 is 2.81 bits per heavy atom. The average molecular weight is 331 g/mol. The third-order valence-corrected chi connectivity index (χ3v) is 4.70. The fraction of sp³-hybridized carbons (Fsp3) is 0.714. The van der Waals surface area contributed by atoms with Gasteiger partial charge in [-0.1, -0.05) is 31.6 Å². The molecule has 0 aromatic rings. The van der Waals surface area contributed by atoms with E-state index in [1.54, 1.807) is 9.15 Å². The molecule has 0 bridgehead atoms. The Morgan fingerprint density at radius 1 is 1.38 bits per heavy atom. The summed E-state index contributed by atoms with van der Waals surface area (Å²) in [4.78, 5) is 2.46. The van der Waals surface area contributed by atoms with Crippen molar-refractivity contribution >= 4 is 22.6 Å². The number of rotatable bonds is 5. The van der Waals surface area contributed by atoms with E-state index in [0.717, 1.165) is 17.8 Å². The van der Waals surface area contributed by atoms with E-state index in [9.17, 15) is 0 Å². The summed E-state index contributed by atoms with van der Waals surface area (Å²) in [6, 6.07) is 0. The van der Waals surface area contributed by atoms with Crippen molar-refractivity contribution in [2.75, 3.05) is 20.1 Å². The Bertz CT molecular complexity index is 317. The van der Waals surface area contributed by atoms with Crippen LogP contribution in [0.4, 0.5) is 0 Å². The summed E-state index contributed by atoms with van der Waals surface area (Å²) in [6.07, 6.45) is 7.38. The Morgan fingerprint density at radius 2 is 2.12 bits per heavy atom. The minimum absolute atomic E-state index is 0.778. The van der Waals surface area contributed by atoms with Crippen LogP contribution in [0.1, 0.15) is 26.7 Å². The number of fused-ring (bicyclic) bond motifs is 1. The summed E-state index contributed by atoms with van der Waals surface area (Å²) >= 11 is 2.50. The lowest BCUT2D eigenvalue weighted by atomic mass is 10.0. The van der Waals surface area contributed by atoms with Crippen LogP contribution in [0.2, 0.25) is 0 Å². The molecule has 0 radical (unpaired) electrons. The number of halogens is 1. The van der Waals surface area contributed by atoms with Crippen LogP contribution >= 0.6 is 22.6 Å². The largest absolute Gasteiger partial charge is 0.306 e. The second-order valence-electron chi connectivity index (χ2n) is 5.65. The standard InChI is InChI=1S/C14H22IN/c1-10(2)9-16(3)7-6-11-4-5-14(15)13-8-12(11)13/h4-5,10,12-13H,6-9H2,1-3H3. The lowest BCUT2D eigenvalue weighted by molar-refractivity contribution is 0.297. The maximum Gasteiger partial charge on any atom is 0.00159 e. The van der Waals surface area contributed by atoms with Gasteiger partial charge in [-0.05, 0) is 63.8 Å². The third-order valence-electron chi connectivity index (χ3n) is 3.54. The molecule has 2 atom stereocenters. The molecule has 0 amide bonds. The molecule has 0 aromatic heterocycles. The van der Waals surface area contributed by atoms with Crippen LogP contribution in [0, 0.1) is 17.8 Å². The number of nitrogens with zero attached hydrogens (tertiary/aromatic N) is 1. The predicted molar refractivity (Wildman–Crippen MR) is 78.7 cm³/mol. The molecule has 1 saturated carbocycles. The highest BCUT2D eigenvalue weighted by atomic mass is 127. The quantitative estimate of drug-likeness (QED) is 0.692. The second kappa shape index (κ2) is 5.21. The first kappa shape index (κ1) is 12.6. The van der Waals surface area contributed by atoms with Gasteiger partial charge in [0.25, 0.3) is 0 Å². The maximum atomic E-state index is 2.50. The SMILES string of the molecule is CC(C)CN(C)CCC1=CC=C(I)C2CC12. The van der Waals surface area contributed by atoms with Crippen molar-refractivity contribution in [3.63, 3.8) is 0 Å². The normalized spacial score (nSPS) is 27.9. The van der Waals surface area contributed by atoms with Gasteiger partial charge >= 0.3 is 0 Å². The lowest BCUT2D eigenvalue weighted by Gasteiger charge is -2.20. The van der Waals surface area contributed by atoms with Gasteiger partial charge in [-0.25, -0.2) is 0 Å². The molecule has 2 heteroatoms. The molecule has 16 heavy (non-hydrogen) atoms. The van der Waals surface area contributed by atoms with Gasteiger partial charge in [-0.2, -0.15) is 0 Å². The van der Waals surface area contributed by atoms with E-state index >= 15 is 0 Å². The molecule has 2 unspecified atom stereocenters. The molecule has 2 aliphatic rings. The third kappa shape index (κ3) is 3.10. The fourth-order valence-corrected chi connectivity index (χ4v) is 3.51. The summed E-state index contributed by atoms with van der Waals surface area (Å²) in [5.74, 6) is 2.58. The van der Waals surface area contributed by atoms with Crippen LogP contribution in [0.5, 0.6) is 0 Å². The van der Waals surface area contributed by atoms with Gasteiger partial charge < -0.3 is 4.90 Å². The Kier molecular flexibility index (Phi) is 4.11. The molecule has 2 rings (SSSR count). The van der Waals surface area contributed by atoms with Crippen LogP contribution < -0.4 is 0 Å². The number of hydrogen-bond donors (Lipinski definition) is 0. The Hall–Kier alpha value is 0.170. The van der Waals surface area contributed by atoms with E-state index < -0.39 is 0 Å². The van der Waals surface area contributed by atoms with Crippen molar-refractivity contribution in [1.29, 1.82) is 0 Å². The highest BCUT2D eigenvalue weighted by molar-refractivity contribution is 14.1. The zero-order valence-electron chi connectivity index (χ0n) is 10.5. The fourth-order valence-electron chi connectivity index (χ4n) is 2.65. The summed E-state index contributed by atoms with van der Waals surface area (Å²) in [5, 5.41) is 0. The summed E-state index contributed by atoms with van der Waals surface area (Å²) in [7, 11) is 2.24. The minimum Gasteiger partial charge on any atom is -0.306 e. The first-order valence-corrected chi connectivity index (χ1v) is 7.40. The van der Waals surface area contributed by atoms with Crippen LogP contribution in [-0.4, -0.2) is 25.0 Å². The van der Waals surface area contributed by atoms with E-state index in [0.29, 0.717) is 0 Å². The molecular weight excluding hydrogens is 309 g/mol. The van der Waals surface area contributed by atoms with Crippen LogP contribution in [-0.2, 0) is 0 Å². The monoisotopic (exact) mass is 331 g/mol. The van der Waals surface area contributed by atoms with Crippen LogP contribution in [0.3, 0.4) is 0 Å². The molecular formula is C14H22IN. The van der Waals surface area contributed by atoms with Crippen molar-refractivity contribution in [3.8, 4) is 0 Å². The van der Waals surface area contributed by atoms with Crippen molar-refractivity contribution in [2.45, 2.75) is 26.7 Å². The van der Waals surface area contributed by atoms with Gasteiger partial charge in [-0.3, -0.25) is 0 Å². The van der Waals surface area contributed by atoms with Gasteiger partial charge in [0.15, 0.2) is 0 Å². The highest BCUT2D eigenvalue weighted by Crippen LogP contribution is 2.53. The smallest absolute Gasteiger partial charge is 0.00159 e. The van der Waals surface area contributed by atoms with Gasteiger partial charge in [0.05, 0.1) is 0 Å². The number of hydrogen-bond acceptors (Lipinski definition) is 1. The van der Waals surface area contributed by atoms with Crippen molar-refractivity contribution < 1.29 is 0 Å². The topological polar surface area (TPSA) is 3.24 Å². The van der Waals surface area contributed by atoms with E-state index in [-0.39, 0.29) is 0 Å². The van der Waals surface area contributed by atoms with Gasteiger partial charge in [0.1, 0.15) is 0 Å². The van der Waals surface area contributed by atoms with Crippen LogP contribution in [0.15, 0.2) is 21.3 Å². The first-order valence-electron chi connectivity index (χ1n) is 6.32. The molecule has 90 valence electrons. The zero-order valence-corrected chi connectivity index (χ0v) is 12.7. The zero-order chi connectivity index (χ0) is 11.7. The minimum atomic E-state index is 0.778. The number of allylic oxidation sites excluding steroid dienone is 3. The Balaban J connectivity index is 1.79. The summed E-state index contributed by atoms with van der Waals surface area (Å²) in [5.41, 5.74) is 1.70. The molecule has 0 spiro atoms. The summed E-state index contributed by atoms with van der Waals surface area (Å²) < 4.78 is 1.57. The molecule has 2 aliphatic carbocycles. The van der Waals surface area contributed by atoms with Gasteiger partial charge in [0, 0.05) is 13.1 Å². The Labute approximate surface area is 113 Å². The summed E-state index contributed by atoms with van der Waals surface area (Å²) in [6.45, 7) is 7.02. The van der Waals surface area contributed by atoms with Crippen molar-refractivity contribution in [3.05, 3.63) is 21.3 Å². The van der Waals surface area contributed by atoms with E-state index in [4.69, 9.17) is 0 Å². The van der Waals surface area contributed by atoms with Crippen LogP contribution in [0.25, 0.3) is 0 Å². The van der Waals surface area contributed by atoms with E-state index in [1.165, 1.54) is 25.9 Å². The predicted octanol–water partition coefficient (Wildman–Crippen LogP) is 3.86. The van der Waals surface area contributed by atoms with E-state index in [1.807, 2.05) is 0 Å². The van der Waals surface area contributed by atoms with Crippen molar-refractivity contribution in [1.82, 2.24) is 4.90 Å². The van der Waals surface area contributed by atoms with Gasteiger partial charge in [0.2, 0.25) is 0 Å². The highest BCUT2D eigenvalue weighted by Gasteiger charge is 2.42. The molecule has 0 saturated heterocycles. The molecule has 0 aliphatic heterocycles. The molecule has 0 aromatic carbocycles. The first-order chi connectivity index (χ1) is 7.58. The van der Waals surface area contributed by atoms with Gasteiger partial charge in [-0.15, -0.1) is 0 Å². The molecule has 0 N–H and O–H groups in total. The second-order valence-corrected chi connectivity index (χ2v) is 6.89. The van der Waals surface area contributed by atoms with E-state index in [2.05, 4.69) is 60.5 Å². The molecule has 0 heterocycles. The molecule has 1 fully saturated rings. The maximum absolute atomic E-state index is 2.50.